The van der Waals surface area contributed by atoms with Gasteiger partial charge >= 0.3 is 5.97 Å². The molecule has 0 radical (unpaired) electrons. The van der Waals surface area contributed by atoms with Crippen LogP contribution in [0.1, 0.15) is 26.2 Å². The van der Waals surface area contributed by atoms with Crippen LogP contribution in [0.15, 0.2) is 0 Å². The first-order valence-corrected chi connectivity index (χ1v) is 6.52. The van der Waals surface area contributed by atoms with Gasteiger partial charge in [0, 0.05) is 19.5 Å². The molecule has 3 unspecified atom stereocenters. The number of ether oxygens (including phenoxy) is 1. The summed E-state index contributed by atoms with van der Waals surface area (Å²) in [4.78, 5) is 13.3. The second-order valence-electron chi connectivity index (χ2n) is 5.10. The number of nitrogens with zero attached hydrogens (tertiary/aromatic N) is 1. The number of carbonyl (C=O) groups is 1. The summed E-state index contributed by atoms with van der Waals surface area (Å²) in [7, 11) is 0. The Hall–Kier alpha value is -0.690. The summed E-state index contributed by atoms with van der Waals surface area (Å²) in [6.07, 6.45) is -1.96. The zero-order valence-corrected chi connectivity index (χ0v) is 10.5. The van der Waals surface area contributed by atoms with Crippen molar-refractivity contribution in [2.45, 2.75) is 56.6 Å². The molecule has 2 rings (SSSR count). The van der Waals surface area contributed by atoms with Gasteiger partial charge in [-0.3, -0.25) is 9.69 Å². The van der Waals surface area contributed by atoms with Crippen LogP contribution in [0.4, 0.5) is 0 Å². The summed E-state index contributed by atoms with van der Waals surface area (Å²) in [5.41, 5.74) is 0. The van der Waals surface area contributed by atoms with E-state index in [4.69, 9.17) is 4.74 Å². The average Bonchev–Trinajstić information content (AvgIpc) is 2.67. The Labute approximate surface area is 106 Å². The highest BCUT2D eigenvalue weighted by molar-refractivity contribution is 5.69. The zero-order valence-electron chi connectivity index (χ0n) is 10.5. The van der Waals surface area contributed by atoms with E-state index in [2.05, 4.69) is 0 Å². The maximum absolute atomic E-state index is 11.4. The molecular formula is C12H21NO5. The Morgan fingerprint density at radius 1 is 1.33 bits per heavy atom. The normalized spacial score (nSPS) is 40.6. The van der Waals surface area contributed by atoms with Crippen molar-refractivity contribution in [1.29, 1.82) is 0 Å². The maximum Gasteiger partial charge on any atom is 0.306 e. The predicted molar refractivity (Wildman–Crippen MR) is 62.8 cm³/mol. The lowest BCUT2D eigenvalue weighted by Crippen LogP contribution is -2.62. The van der Waals surface area contributed by atoms with Crippen molar-refractivity contribution >= 4 is 5.97 Å². The molecule has 18 heavy (non-hydrogen) atoms. The molecule has 0 saturated carbocycles. The third kappa shape index (κ3) is 2.51. The molecule has 2 aliphatic heterocycles. The van der Waals surface area contributed by atoms with Gasteiger partial charge in [-0.1, -0.05) is 6.92 Å². The van der Waals surface area contributed by atoms with Crippen molar-refractivity contribution in [2.24, 2.45) is 0 Å². The van der Waals surface area contributed by atoms with Crippen LogP contribution in [0.25, 0.3) is 0 Å². The molecule has 6 nitrogen and oxygen atoms in total. The molecule has 2 fully saturated rings. The molecular weight excluding hydrogens is 238 g/mol. The number of aliphatic hydroxyl groups is 3. The van der Waals surface area contributed by atoms with Gasteiger partial charge in [-0.05, 0) is 12.8 Å². The van der Waals surface area contributed by atoms with Crippen LogP contribution in [0.2, 0.25) is 0 Å². The second-order valence-corrected chi connectivity index (χ2v) is 5.10. The molecule has 0 aromatic heterocycles. The lowest BCUT2D eigenvalue weighted by Gasteiger charge is -2.42. The van der Waals surface area contributed by atoms with E-state index in [0.29, 0.717) is 32.4 Å². The first-order valence-electron chi connectivity index (χ1n) is 6.52. The Kier molecular flexibility index (Phi) is 4.21. The van der Waals surface area contributed by atoms with Crippen molar-refractivity contribution < 1.29 is 24.9 Å². The van der Waals surface area contributed by atoms with Crippen molar-refractivity contribution in [1.82, 2.24) is 4.90 Å². The molecule has 2 aliphatic rings. The molecule has 0 amide bonds. The SMILES string of the molecule is CCCC(=O)OC1CN2CC[C@H](O)C2C(O)[C@@H]1O. The molecule has 0 aromatic carbocycles. The highest BCUT2D eigenvalue weighted by atomic mass is 16.6. The largest absolute Gasteiger partial charge is 0.458 e. The second kappa shape index (κ2) is 5.52. The number of esters is 1. The number of aliphatic hydroxyl groups excluding tert-OH is 3. The van der Waals surface area contributed by atoms with Gasteiger partial charge in [0.1, 0.15) is 18.3 Å². The molecule has 0 bridgehead atoms. The first kappa shape index (κ1) is 13.7. The molecule has 6 heteroatoms. The molecule has 2 saturated heterocycles. The molecule has 0 aromatic rings. The van der Waals surface area contributed by atoms with Gasteiger partial charge in [0.25, 0.3) is 0 Å². The quantitative estimate of drug-likeness (QED) is 0.556. The van der Waals surface area contributed by atoms with E-state index < -0.39 is 30.5 Å². The summed E-state index contributed by atoms with van der Waals surface area (Å²) >= 11 is 0. The van der Waals surface area contributed by atoms with Gasteiger partial charge in [-0.15, -0.1) is 0 Å². The van der Waals surface area contributed by atoms with Crippen LogP contribution >= 0.6 is 0 Å². The van der Waals surface area contributed by atoms with Crippen LogP contribution in [0.5, 0.6) is 0 Å². The van der Waals surface area contributed by atoms with Crippen LogP contribution in [-0.2, 0) is 9.53 Å². The van der Waals surface area contributed by atoms with E-state index >= 15 is 0 Å². The molecule has 0 aliphatic carbocycles. The third-order valence-electron chi connectivity index (χ3n) is 3.76. The minimum absolute atomic E-state index is 0.311. The van der Waals surface area contributed by atoms with Crippen molar-refractivity contribution in [2.75, 3.05) is 13.1 Å². The molecule has 104 valence electrons. The van der Waals surface area contributed by atoms with Gasteiger partial charge in [-0.2, -0.15) is 0 Å². The van der Waals surface area contributed by atoms with Gasteiger partial charge in [0.15, 0.2) is 0 Å². The van der Waals surface area contributed by atoms with E-state index in [0.717, 1.165) is 0 Å². The molecule has 5 atom stereocenters. The topological polar surface area (TPSA) is 90.2 Å². The predicted octanol–water partition coefficient (Wildman–Crippen LogP) is -1.13. The van der Waals surface area contributed by atoms with E-state index in [1.54, 1.807) is 0 Å². The highest BCUT2D eigenvalue weighted by Gasteiger charge is 2.49. The molecule has 2 heterocycles. The Morgan fingerprint density at radius 3 is 2.72 bits per heavy atom. The van der Waals surface area contributed by atoms with Gasteiger partial charge in [-0.25, -0.2) is 0 Å². The molecule has 0 spiro atoms. The van der Waals surface area contributed by atoms with Crippen molar-refractivity contribution in [3.63, 3.8) is 0 Å². The summed E-state index contributed by atoms with van der Waals surface area (Å²) in [6, 6.07) is -0.443. The maximum atomic E-state index is 11.4. The van der Waals surface area contributed by atoms with Gasteiger partial charge < -0.3 is 20.1 Å². The summed E-state index contributed by atoms with van der Waals surface area (Å²) in [5.74, 6) is -0.355. The van der Waals surface area contributed by atoms with E-state index in [1.165, 1.54) is 0 Å². The summed E-state index contributed by atoms with van der Waals surface area (Å²) in [5, 5.41) is 29.7. The van der Waals surface area contributed by atoms with E-state index in [-0.39, 0.29) is 5.97 Å². The van der Waals surface area contributed by atoms with Crippen LogP contribution in [0, 0.1) is 0 Å². The molecule has 3 N–H and O–H groups in total. The van der Waals surface area contributed by atoms with Crippen molar-refractivity contribution in [3.8, 4) is 0 Å². The number of hydrogen-bond donors (Lipinski definition) is 3. The van der Waals surface area contributed by atoms with E-state index in [9.17, 15) is 20.1 Å². The number of hydrogen-bond acceptors (Lipinski definition) is 6. The lowest BCUT2D eigenvalue weighted by atomic mass is 9.93. The minimum atomic E-state index is -1.13. The minimum Gasteiger partial charge on any atom is -0.458 e. The standard InChI is InChI=1S/C12H21NO5/c1-2-3-9(15)18-8-6-13-5-4-7(14)10(13)12(17)11(8)16/h7-8,10-12,14,16-17H,2-6H2,1H3/t7-,8?,10?,11+,12?/m0/s1. The zero-order chi connectivity index (χ0) is 13.3. The lowest BCUT2D eigenvalue weighted by molar-refractivity contribution is -0.178. The number of rotatable bonds is 3. The fraction of sp³-hybridized carbons (Fsp3) is 0.917. The number of fused-ring (bicyclic) bond motifs is 1. The van der Waals surface area contributed by atoms with E-state index in [1.807, 2.05) is 11.8 Å². The Bertz CT molecular complexity index is 311. The third-order valence-corrected chi connectivity index (χ3v) is 3.76. The average molecular weight is 259 g/mol. The highest BCUT2D eigenvalue weighted by Crippen LogP contribution is 2.29. The fourth-order valence-electron chi connectivity index (χ4n) is 2.82. The Balaban J connectivity index is 2.00. The van der Waals surface area contributed by atoms with Crippen LogP contribution in [0.3, 0.4) is 0 Å². The first-order chi connectivity index (χ1) is 8.54. The number of piperidine rings is 1. The van der Waals surface area contributed by atoms with Crippen LogP contribution in [-0.4, -0.2) is 69.7 Å². The monoisotopic (exact) mass is 259 g/mol. The van der Waals surface area contributed by atoms with Gasteiger partial charge in [0.2, 0.25) is 0 Å². The fourth-order valence-corrected chi connectivity index (χ4v) is 2.82. The van der Waals surface area contributed by atoms with Crippen LogP contribution < -0.4 is 0 Å². The smallest absolute Gasteiger partial charge is 0.306 e. The number of carbonyl (C=O) groups excluding carboxylic acids is 1. The van der Waals surface area contributed by atoms with Crippen molar-refractivity contribution in [3.05, 3.63) is 0 Å². The Morgan fingerprint density at radius 2 is 2.06 bits per heavy atom. The summed E-state index contributed by atoms with van der Waals surface area (Å²) < 4.78 is 5.19. The van der Waals surface area contributed by atoms with Gasteiger partial charge in [0.05, 0.1) is 12.1 Å². The summed E-state index contributed by atoms with van der Waals surface area (Å²) in [6.45, 7) is 2.90.